The van der Waals surface area contributed by atoms with Crippen molar-refractivity contribution in [2.24, 2.45) is 16.7 Å². The number of halogens is 1. The van der Waals surface area contributed by atoms with Gasteiger partial charge in [-0.2, -0.15) is 0 Å². The summed E-state index contributed by atoms with van der Waals surface area (Å²) < 4.78 is 14.9. The van der Waals surface area contributed by atoms with Crippen LogP contribution in [0.1, 0.15) is 128 Å². The zero-order valence-electron chi connectivity index (χ0n) is 24.0. The highest BCUT2D eigenvalue weighted by molar-refractivity contribution is 5.65. The van der Waals surface area contributed by atoms with Gasteiger partial charge in [0.15, 0.2) is 0 Å². The number of hydrogen-bond acceptors (Lipinski definition) is 0. The van der Waals surface area contributed by atoms with Gasteiger partial charge in [0.05, 0.1) is 0 Å². The number of hydrogen-bond donors (Lipinski definition) is 0. The lowest BCUT2D eigenvalue weighted by molar-refractivity contribution is 0.0924. The van der Waals surface area contributed by atoms with Crippen molar-refractivity contribution in [1.29, 1.82) is 0 Å². The summed E-state index contributed by atoms with van der Waals surface area (Å²) in [6.45, 7) is 13.4. The molecule has 0 bridgehead atoms. The van der Waals surface area contributed by atoms with E-state index >= 15 is 0 Å². The molecular weight excluding hydrogens is 439 g/mol. The molecule has 0 N–H and O–H groups in total. The van der Waals surface area contributed by atoms with Crippen LogP contribution < -0.4 is 0 Å². The van der Waals surface area contributed by atoms with Gasteiger partial charge < -0.3 is 0 Å². The molecule has 1 heteroatoms. The van der Waals surface area contributed by atoms with Crippen molar-refractivity contribution in [3.8, 4) is 0 Å². The lowest BCUT2D eigenvalue weighted by Crippen LogP contribution is -2.32. The summed E-state index contributed by atoms with van der Waals surface area (Å²) in [4.78, 5) is 0. The molecule has 3 unspecified atom stereocenters. The zero-order valence-corrected chi connectivity index (χ0v) is 24.0. The topological polar surface area (TPSA) is 0 Å². The van der Waals surface area contributed by atoms with Crippen molar-refractivity contribution in [1.82, 2.24) is 0 Å². The molecule has 2 aromatic rings. The van der Waals surface area contributed by atoms with Crippen LogP contribution in [0, 0.1) is 22.6 Å². The van der Waals surface area contributed by atoms with E-state index < -0.39 is 0 Å². The van der Waals surface area contributed by atoms with Crippen molar-refractivity contribution in [2.45, 2.75) is 118 Å². The molecule has 1 fully saturated rings. The lowest BCUT2D eigenvalue weighted by Gasteiger charge is -2.45. The molecule has 3 atom stereocenters. The van der Waals surface area contributed by atoms with E-state index in [0.29, 0.717) is 11.3 Å². The second-order valence-electron chi connectivity index (χ2n) is 12.8. The Labute approximate surface area is 221 Å². The Morgan fingerprint density at radius 3 is 2.33 bits per heavy atom. The van der Waals surface area contributed by atoms with Gasteiger partial charge in [0.1, 0.15) is 5.82 Å². The van der Waals surface area contributed by atoms with Gasteiger partial charge in [0.2, 0.25) is 0 Å². The average Bonchev–Trinajstić information content (AvgIpc) is 2.83. The first-order valence-electron chi connectivity index (χ1n) is 14.7. The molecule has 2 aromatic carbocycles. The first-order chi connectivity index (χ1) is 17.2. The van der Waals surface area contributed by atoms with Crippen molar-refractivity contribution in [3.05, 3.63) is 77.1 Å². The summed E-state index contributed by atoms with van der Waals surface area (Å²) in [5.74, 6) is 1.46. The van der Waals surface area contributed by atoms with Crippen molar-refractivity contribution in [2.75, 3.05) is 0 Å². The molecule has 0 spiro atoms. The van der Waals surface area contributed by atoms with Crippen LogP contribution in [0.3, 0.4) is 0 Å². The minimum atomic E-state index is -0.0513. The Hall–Kier alpha value is -1.89. The molecule has 0 saturated heterocycles. The summed E-state index contributed by atoms with van der Waals surface area (Å²) in [5.41, 5.74) is 5.24. The maximum atomic E-state index is 14.9. The van der Waals surface area contributed by atoms with Crippen LogP contribution >= 0.6 is 0 Å². The molecule has 0 radical (unpaired) electrons. The van der Waals surface area contributed by atoms with Crippen molar-refractivity contribution in [3.63, 3.8) is 0 Å². The Balaban J connectivity index is 1.78. The van der Waals surface area contributed by atoms with E-state index in [1.807, 2.05) is 6.07 Å². The molecule has 0 amide bonds. The van der Waals surface area contributed by atoms with Crippen molar-refractivity contribution < 1.29 is 4.39 Å². The zero-order chi connectivity index (χ0) is 26.2. The first-order valence-corrected chi connectivity index (χ1v) is 14.7. The standard InChI is InChI=1S/C35H51F/c1-7-14-27-22-32(29-15-11-10-12-16-29)26-35(24-27,20-8-2)21-13-17-28(9-3)30-18-19-31(33(36)23-30)25-34(4,5)6/h10-12,15-19,23,27,32H,7-9,13-14,20-22,24-26H2,1-6H3/b28-17+. The molecule has 1 saturated carbocycles. The van der Waals surface area contributed by atoms with Gasteiger partial charge >= 0.3 is 0 Å². The van der Waals surface area contributed by atoms with Gasteiger partial charge in [-0.1, -0.05) is 109 Å². The third kappa shape index (κ3) is 8.06. The summed E-state index contributed by atoms with van der Waals surface area (Å²) >= 11 is 0. The van der Waals surface area contributed by atoms with Crippen LogP contribution in [0.4, 0.5) is 4.39 Å². The Bertz CT molecular complexity index is 964. The molecule has 0 aliphatic heterocycles. The number of allylic oxidation sites excluding steroid dienone is 2. The summed E-state index contributed by atoms with van der Waals surface area (Å²) in [6, 6.07) is 17.2. The predicted octanol–water partition coefficient (Wildman–Crippen LogP) is 11.2. The maximum absolute atomic E-state index is 14.9. The molecule has 3 rings (SSSR count). The van der Waals surface area contributed by atoms with Crippen LogP contribution in [0.25, 0.3) is 5.57 Å². The monoisotopic (exact) mass is 490 g/mol. The van der Waals surface area contributed by atoms with Crippen molar-refractivity contribution >= 4 is 5.57 Å². The van der Waals surface area contributed by atoms with Gasteiger partial charge in [-0.15, -0.1) is 0 Å². The van der Waals surface area contributed by atoms with E-state index in [1.165, 1.54) is 62.5 Å². The van der Waals surface area contributed by atoms with Gasteiger partial charge in [0.25, 0.3) is 0 Å². The first kappa shape index (κ1) is 28.7. The van der Waals surface area contributed by atoms with Gasteiger partial charge in [-0.05, 0) is 102 Å². The quantitative estimate of drug-likeness (QED) is 0.294. The molecule has 36 heavy (non-hydrogen) atoms. The SMILES string of the molecule is CCCC1CC(c2ccccc2)CC(CCC)(CC/C=C(\CC)c2ccc(CC(C)(C)C)c(F)c2)C1. The maximum Gasteiger partial charge on any atom is 0.127 e. The molecule has 1 aliphatic carbocycles. The lowest BCUT2D eigenvalue weighted by atomic mass is 9.60. The molecular formula is C35H51F. The van der Waals surface area contributed by atoms with Gasteiger partial charge in [-0.3, -0.25) is 0 Å². The van der Waals surface area contributed by atoms with E-state index in [4.69, 9.17) is 0 Å². The highest BCUT2D eigenvalue weighted by Gasteiger charge is 2.39. The Morgan fingerprint density at radius 2 is 1.72 bits per heavy atom. The fourth-order valence-electron chi connectivity index (χ4n) is 6.94. The van der Waals surface area contributed by atoms with Crippen LogP contribution in [-0.4, -0.2) is 0 Å². The van der Waals surface area contributed by atoms with E-state index in [0.717, 1.165) is 36.3 Å². The van der Waals surface area contributed by atoms with E-state index in [1.54, 1.807) is 6.07 Å². The largest absolute Gasteiger partial charge is 0.207 e. The van der Waals surface area contributed by atoms with Gasteiger partial charge in [0, 0.05) is 0 Å². The summed E-state index contributed by atoms with van der Waals surface area (Å²) in [6.07, 6.45) is 15.7. The van der Waals surface area contributed by atoms with E-state index in [9.17, 15) is 4.39 Å². The highest BCUT2D eigenvalue weighted by atomic mass is 19.1. The minimum Gasteiger partial charge on any atom is -0.207 e. The summed E-state index contributed by atoms with van der Waals surface area (Å²) in [5, 5.41) is 0. The van der Waals surface area contributed by atoms with Crippen LogP contribution in [0.15, 0.2) is 54.6 Å². The molecule has 198 valence electrons. The Kier molecular flexibility index (Phi) is 10.4. The van der Waals surface area contributed by atoms with E-state index in [-0.39, 0.29) is 11.2 Å². The fraction of sp³-hybridized carbons (Fsp3) is 0.600. The predicted molar refractivity (Wildman–Crippen MR) is 156 cm³/mol. The second kappa shape index (κ2) is 13.1. The highest BCUT2D eigenvalue weighted by Crippen LogP contribution is 2.52. The van der Waals surface area contributed by atoms with E-state index in [2.05, 4.69) is 84.0 Å². The average molecular weight is 491 g/mol. The third-order valence-corrected chi connectivity index (χ3v) is 8.36. The van der Waals surface area contributed by atoms with Crippen LogP contribution in [-0.2, 0) is 6.42 Å². The third-order valence-electron chi connectivity index (χ3n) is 8.36. The molecule has 0 aromatic heterocycles. The fourth-order valence-corrected chi connectivity index (χ4v) is 6.94. The normalized spacial score (nSPS) is 23.1. The molecule has 0 heterocycles. The Morgan fingerprint density at radius 1 is 0.972 bits per heavy atom. The second-order valence-corrected chi connectivity index (χ2v) is 12.8. The van der Waals surface area contributed by atoms with Crippen LogP contribution in [0.5, 0.6) is 0 Å². The van der Waals surface area contributed by atoms with Gasteiger partial charge in [-0.25, -0.2) is 4.39 Å². The molecule has 1 aliphatic rings. The smallest absolute Gasteiger partial charge is 0.127 e. The number of rotatable bonds is 11. The number of benzene rings is 2. The molecule has 0 nitrogen and oxygen atoms in total. The summed E-state index contributed by atoms with van der Waals surface area (Å²) in [7, 11) is 0. The minimum absolute atomic E-state index is 0.0513. The van der Waals surface area contributed by atoms with Crippen LogP contribution in [0.2, 0.25) is 0 Å².